The van der Waals surface area contributed by atoms with Crippen LogP contribution >= 0.6 is 0 Å². The van der Waals surface area contributed by atoms with Crippen molar-refractivity contribution in [1.82, 2.24) is 15.1 Å². The fourth-order valence-corrected chi connectivity index (χ4v) is 4.22. The van der Waals surface area contributed by atoms with E-state index >= 15 is 0 Å². The molecule has 0 spiro atoms. The highest BCUT2D eigenvalue weighted by molar-refractivity contribution is 5.98. The highest BCUT2D eigenvalue weighted by Gasteiger charge is 2.47. The molecule has 0 aliphatic carbocycles. The molecule has 1 aromatic heterocycles. The maximum atomic E-state index is 13.8. The minimum absolute atomic E-state index is 0.0627. The van der Waals surface area contributed by atoms with Crippen molar-refractivity contribution in [1.29, 1.82) is 0 Å². The number of carbonyl (C=O) groups excluding carboxylic acids is 1. The molecule has 2 atom stereocenters. The number of carbonyl (C=O) groups is 1. The average molecular weight is 471 g/mol. The van der Waals surface area contributed by atoms with E-state index in [1.165, 1.54) is 11.8 Å². The molecule has 2 N–H and O–H groups in total. The van der Waals surface area contributed by atoms with Gasteiger partial charge in [0.05, 0.1) is 12.2 Å². The molecule has 0 saturated carbocycles. The van der Waals surface area contributed by atoms with Crippen molar-refractivity contribution in [3.05, 3.63) is 83.0 Å². The van der Waals surface area contributed by atoms with Gasteiger partial charge in [-0.25, -0.2) is 4.68 Å². The first-order valence-corrected chi connectivity index (χ1v) is 11.4. The normalized spacial score (nSPS) is 18.2. The van der Waals surface area contributed by atoms with Gasteiger partial charge in [-0.05, 0) is 28.5 Å². The number of aromatic nitrogens is 2. The number of benzene rings is 2. The second kappa shape index (κ2) is 9.16. The molecule has 2 aromatic carbocycles. The average Bonchev–Trinajstić information content (AvgIpc) is 3.22. The Kier molecular flexibility index (Phi) is 6.43. The molecule has 1 aliphatic heterocycles. The lowest BCUT2D eigenvalue weighted by molar-refractivity contribution is -0.173. The lowest BCUT2D eigenvalue weighted by Gasteiger charge is -2.34. The molecule has 1 aliphatic rings. The number of hydrogen-bond acceptors (Lipinski definition) is 3. The maximum Gasteiger partial charge on any atom is 0.410 e. The van der Waals surface area contributed by atoms with Gasteiger partial charge in [-0.2, -0.15) is 18.3 Å². The van der Waals surface area contributed by atoms with Gasteiger partial charge in [0, 0.05) is 13.0 Å². The predicted molar refractivity (Wildman–Crippen MR) is 126 cm³/mol. The van der Waals surface area contributed by atoms with Crippen molar-refractivity contribution in [2.24, 2.45) is 0 Å². The summed E-state index contributed by atoms with van der Waals surface area (Å²) < 4.78 is 42.4. The summed E-state index contributed by atoms with van der Waals surface area (Å²) >= 11 is 0. The molecule has 0 radical (unpaired) electrons. The number of nitrogens with one attached hydrogen (secondary N) is 2. The molecule has 0 unspecified atom stereocenters. The predicted octanol–water partition coefficient (Wildman–Crippen LogP) is 5.81. The number of hydrogen-bond donors (Lipinski definition) is 2. The summed E-state index contributed by atoms with van der Waals surface area (Å²) in [5, 5.41) is 9.86. The highest BCUT2D eigenvalue weighted by atomic mass is 19.4. The molecule has 3 aromatic rings. The van der Waals surface area contributed by atoms with E-state index in [0.29, 0.717) is 13.0 Å². The Hall–Kier alpha value is -3.29. The maximum absolute atomic E-state index is 13.8. The number of amides is 1. The van der Waals surface area contributed by atoms with E-state index in [-0.39, 0.29) is 23.2 Å². The van der Waals surface area contributed by atoms with Crippen LogP contribution < -0.4 is 10.6 Å². The van der Waals surface area contributed by atoms with Gasteiger partial charge in [0.2, 0.25) is 0 Å². The van der Waals surface area contributed by atoms with Crippen LogP contribution in [0.25, 0.3) is 0 Å². The monoisotopic (exact) mass is 470 g/mol. The topological polar surface area (TPSA) is 59.0 Å². The van der Waals surface area contributed by atoms with Crippen LogP contribution in [0, 0.1) is 0 Å². The van der Waals surface area contributed by atoms with Gasteiger partial charge in [-0.15, -0.1) is 0 Å². The molecule has 4 rings (SSSR count). The highest BCUT2D eigenvalue weighted by Crippen LogP contribution is 2.44. The lowest BCUT2D eigenvalue weighted by Crippen LogP contribution is -2.36. The Morgan fingerprint density at radius 3 is 2.38 bits per heavy atom. The first-order chi connectivity index (χ1) is 16.0. The fraction of sp³-hybridized carbons (Fsp3) is 0.385. The molecular weight excluding hydrogens is 441 g/mol. The largest absolute Gasteiger partial charge is 0.410 e. The summed E-state index contributed by atoms with van der Waals surface area (Å²) in [6.45, 7) is 6.81. The van der Waals surface area contributed by atoms with Crippen LogP contribution in [0.5, 0.6) is 0 Å². The summed E-state index contributed by atoms with van der Waals surface area (Å²) in [4.78, 5) is 12.9. The molecule has 0 bridgehead atoms. The summed E-state index contributed by atoms with van der Waals surface area (Å²) in [6, 6.07) is 14.8. The molecule has 180 valence electrons. The van der Waals surface area contributed by atoms with Crippen LogP contribution in [0.2, 0.25) is 0 Å². The molecule has 8 heteroatoms. The van der Waals surface area contributed by atoms with Gasteiger partial charge in [-0.3, -0.25) is 4.79 Å². The minimum Gasteiger partial charge on any atom is -0.363 e. The van der Waals surface area contributed by atoms with Crippen molar-refractivity contribution in [3.8, 4) is 0 Å². The van der Waals surface area contributed by atoms with Crippen LogP contribution in [-0.2, 0) is 11.8 Å². The van der Waals surface area contributed by atoms with Crippen LogP contribution in [0.15, 0.2) is 60.8 Å². The van der Waals surface area contributed by atoms with Gasteiger partial charge in [0.15, 0.2) is 6.04 Å². The van der Waals surface area contributed by atoms with Gasteiger partial charge in [-0.1, -0.05) is 75.4 Å². The minimum atomic E-state index is -4.48. The van der Waals surface area contributed by atoms with Crippen molar-refractivity contribution in [2.75, 3.05) is 11.9 Å². The zero-order valence-electron chi connectivity index (χ0n) is 19.5. The standard InChI is InChI=1S/C26H29F3N4O/c1-25(2,3)19-11-9-17(10-12-19)13-14-30-24(34)20-16-31-33-22(26(27,28)29)15-21(32-23(20)33)18-7-5-4-6-8-18/h4-12,16,21-22,32H,13-15H2,1-3H3,(H,30,34)/t21-,22+/m0/s1. The second-order valence-corrected chi connectivity index (χ2v) is 9.70. The van der Waals surface area contributed by atoms with E-state index in [9.17, 15) is 18.0 Å². The smallest absolute Gasteiger partial charge is 0.363 e. The summed E-state index contributed by atoms with van der Waals surface area (Å²) in [5.41, 5.74) is 3.20. The second-order valence-electron chi connectivity index (χ2n) is 9.70. The molecule has 0 saturated heterocycles. The van der Waals surface area contributed by atoms with Gasteiger partial charge >= 0.3 is 6.18 Å². The summed E-state index contributed by atoms with van der Waals surface area (Å²) in [5.74, 6) is -0.357. The van der Waals surface area contributed by atoms with Gasteiger partial charge in [0.25, 0.3) is 5.91 Å². The van der Waals surface area contributed by atoms with E-state index in [4.69, 9.17) is 0 Å². The number of rotatable bonds is 5. The quantitative estimate of drug-likeness (QED) is 0.495. The Morgan fingerprint density at radius 1 is 1.09 bits per heavy atom. The van der Waals surface area contributed by atoms with Crippen LogP contribution in [0.3, 0.4) is 0 Å². The van der Waals surface area contributed by atoms with Crippen molar-refractivity contribution >= 4 is 11.7 Å². The van der Waals surface area contributed by atoms with E-state index in [1.807, 2.05) is 18.2 Å². The van der Waals surface area contributed by atoms with E-state index in [1.54, 1.807) is 24.3 Å². The molecule has 1 amide bonds. The number of anilines is 1. The van der Waals surface area contributed by atoms with Crippen molar-refractivity contribution in [3.63, 3.8) is 0 Å². The molecule has 34 heavy (non-hydrogen) atoms. The van der Waals surface area contributed by atoms with Crippen LogP contribution in [0.1, 0.15) is 66.3 Å². The van der Waals surface area contributed by atoms with Crippen LogP contribution in [-0.4, -0.2) is 28.4 Å². The summed E-state index contributed by atoms with van der Waals surface area (Å²) in [7, 11) is 0. The van der Waals surface area contributed by atoms with Crippen molar-refractivity contribution < 1.29 is 18.0 Å². The molecular formula is C26H29F3N4O. The molecule has 2 heterocycles. The third-order valence-corrected chi connectivity index (χ3v) is 6.20. The zero-order chi connectivity index (χ0) is 24.5. The number of fused-ring (bicyclic) bond motifs is 1. The Bertz CT molecular complexity index is 1130. The first kappa shape index (κ1) is 23.9. The molecule has 5 nitrogen and oxygen atoms in total. The van der Waals surface area contributed by atoms with Gasteiger partial charge < -0.3 is 10.6 Å². The zero-order valence-corrected chi connectivity index (χ0v) is 19.5. The number of nitrogens with zero attached hydrogens (tertiary/aromatic N) is 2. The number of alkyl halides is 3. The number of halogens is 3. The van der Waals surface area contributed by atoms with E-state index in [0.717, 1.165) is 15.8 Å². The first-order valence-electron chi connectivity index (χ1n) is 11.4. The molecule has 0 fully saturated rings. The fourth-order valence-electron chi connectivity index (χ4n) is 4.22. The third kappa shape index (κ3) is 5.11. The van der Waals surface area contributed by atoms with Crippen molar-refractivity contribution in [2.45, 2.75) is 57.3 Å². The summed E-state index contributed by atoms with van der Waals surface area (Å²) in [6.07, 6.45) is -2.86. The van der Waals surface area contributed by atoms with E-state index in [2.05, 4.69) is 48.6 Å². The Morgan fingerprint density at radius 2 is 1.76 bits per heavy atom. The third-order valence-electron chi connectivity index (χ3n) is 6.20. The Labute approximate surface area is 197 Å². The Balaban J connectivity index is 1.48. The SMILES string of the molecule is CC(C)(C)c1ccc(CCNC(=O)c2cnn3c2N[C@H](c2ccccc2)C[C@@H]3C(F)(F)F)cc1. The van der Waals surface area contributed by atoms with Gasteiger partial charge in [0.1, 0.15) is 11.4 Å². The lowest BCUT2D eigenvalue weighted by atomic mass is 9.86. The van der Waals surface area contributed by atoms with E-state index < -0.39 is 24.2 Å². The van der Waals surface area contributed by atoms with Crippen LogP contribution in [0.4, 0.5) is 19.0 Å².